The molecular formula is C15H21NO2S. The van der Waals surface area contributed by atoms with Crippen LogP contribution in [-0.2, 0) is 4.79 Å². The van der Waals surface area contributed by atoms with Crippen molar-refractivity contribution in [2.24, 2.45) is 0 Å². The van der Waals surface area contributed by atoms with E-state index in [1.165, 1.54) is 4.90 Å². The molecule has 19 heavy (non-hydrogen) atoms. The van der Waals surface area contributed by atoms with Crippen LogP contribution in [0.5, 0.6) is 0 Å². The SMILES string of the molecule is CCN(CC(C)(C)O)C(=O)C1CSc2ccccc21. The largest absolute Gasteiger partial charge is 0.389 e. The first-order valence-electron chi connectivity index (χ1n) is 6.65. The molecule has 0 aliphatic carbocycles. The summed E-state index contributed by atoms with van der Waals surface area (Å²) in [4.78, 5) is 15.6. The number of likely N-dealkylation sites (N-methyl/N-ethyl adjacent to an activating group) is 1. The average molecular weight is 279 g/mol. The molecule has 1 atom stereocenters. The number of carbonyl (C=O) groups is 1. The summed E-state index contributed by atoms with van der Waals surface area (Å²) in [6.07, 6.45) is 0. The second-order valence-corrected chi connectivity index (χ2v) is 6.63. The molecule has 1 aromatic carbocycles. The zero-order chi connectivity index (χ0) is 14.0. The molecule has 1 unspecified atom stereocenters. The molecule has 0 fully saturated rings. The molecule has 104 valence electrons. The summed E-state index contributed by atoms with van der Waals surface area (Å²) in [6.45, 7) is 6.44. The Bertz CT molecular complexity index is 467. The highest BCUT2D eigenvalue weighted by Gasteiger charge is 2.33. The number of nitrogens with zero attached hydrogens (tertiary/aromatic N) is 1. The van der Waals surface area contributed by atoms with Gasteiger partial charge >= 0.3 is 0 Å². The van der Waals surface area contributed by atoms with Crippen LogP contribution in [0.2, 0.25) is 0 Å². The first kappa shape index (κ1) is 14.4. The molecule has 3 nitrogen and oxygen atoms in total. The predicted molar refractivity (Wildman–Crippen MR) is 78.5 cm³/mol. The fourth-order valence-electron chi connectivity index (χ4n) is 2.40. The Hall–Kier alpha value is -1.00. The number of fused-ring (bicyclic) bond motifs is 1. The van der Waals surface area contributed by atoms with E-state index in [4.69, 9.17) is 0 Å². The van der Waals surface area contributed by atoms with Crippen LogP contribution < -0.4 is 0 Å². The van der Waals surface area contributed by atoms with Gasteiger partial charge in [0.25, 0.3) is 0 Å². The summed E-state index contributed by atoms with van der Waals surface area (Å²) in [5, 5.41) is 9.91. The van der Waals surface area contributed by atoms with Gasteiger partial charge in [-0.2, -0.15) is 0 Å². The number of carbonyl (C=O) groups excluding carboxylic acids is 1. The normalized spacial score (nSPS) is 18.2. The fraction of sp³-hybridized carbons (Fsp3) is 0.533. The van der Waals surface area contributed by atoms with Crippen LogP contribution in [0.25, 0.3) is 0 Å². The van der Waals surface area contributed by atoms with Crippen molar-refractivity contribution in [3.63, 3.8) is 0 Å². The number of hydrogen-bond donors (Lipinski definition) is 1. The maximum atomic E-state index is 12.6. The quantitative estimate of drug-likeness (QED) is 0.920. The van der Waals surface area contributed by atoms with Crippen LogP contribution in [0, 0.1) is 0 Å². The zero-order valence-electron chi connectivity index (χ0n) is 11.7. The smallest absolute Gasteiger partial charge is 0.231 e. The summed E-state index contributed by atoms with van der Waals surface area (Å²) >= 11 is 1.74. The van der Waals surface area contributed by atoms with Gasteiger partial charge in [0.05, 0.1) is 11.5 Å². The molecule has 0 bridgehead atoms. The van der Waals surface area contributed by atoms with E-state index in [-0.39, 0.29) is 11.8 Å². The van der Waals surface area contributed by atoms with E-state index < -0.39 is 5.60 Å². The van der Waals surface area contributed by atoms with Crippen molar-refractivity contribution in [1.29, 1.82) is 0 Å². The van der Waals surface area contributed by atoms with E-state index in [0.29, 0.717) is 13.1 Å². The van der Waals surface area contributed by atoms with Crippen molar-refractivity contribution >= 4 is 17.7 Å². The second-order valence-electron chi connectivity index (χ2n) is 5.57. The number of amides is 1. The standard InChI is InChI=1S/C15H21NO2S/c1-4-16(10-15(2,3)18)14(17)12-9-19-13-8-6-5-7-11(12)13/h5-8,12,18H,4,9-10H2,1-3H3. The Labute approximate surface area is 119 Å². The van der Waals surface area contributed by atoms with Crippen molar-refractivity contribution in [2.45, 2.75) is 37.2 Å². The van der Waals surface area contributed by atoms with Crippen molar-refractivity contribution in [3.8, 4) is 0 Å². The lowest BCUT2D eigenvalue weighted by atomic mass is 9.99. The van der Waals surface area contributed by atoms with E-state index >= 15 is 0 Å². The molecule has 1 aromatic rings. The lowest BCUT2D eigenvalue weighted by Gasteiger charge is -2.30. The summed E-state index contributed by atoms with van der Waals surface area (Å²) in [5.41, 5.74) is 0.281. The summed E-state index contributed by atoms with van der Waals surface area (Å²) < 4.78 is 0. The number of hydrogen-bond acceptors (Lipinski definition) is 3. The van der Waals surface area contributed by atoms with Crippen LogP contribution in [0.15, 0.2) is 29.2 Å². The maximum Gasteiger partial charge on any atom is 0.231 e. The lowest BCUT2D eigenvalue weighted by Crippen LogP contribution is -2.44. The average Bonchev–Trinajstić information content (AvgIpc) is 2.78. The molecule has 4 heteroatoms. The van der Waals surface area contributed by atoms with Gasteiger partial charge in [-0.3, -0.25) is 4.79 Å². The van der Waals surface area contributed by atoms with Gasteiger partial charge in [0.2, 0.25) is 5.91 Å². The molecule has 2 rings (SSSR count). The van der Waals surface area contributed by atoms with Gasteiger partial charge < -0.3 is 10.0 Å². The van der Waals surface area contributed by atoms with Crippen LogP contribution in [0.4, 0.5) is 0 Å². The van der Waals surface area contributed by atoms with Crippen LogP contribution in [0.3, 0.4) is 0 Å². The molecule has 0 spiro atoms. The summed E-state index contributed by atoms with van der Waals surface area (Å²) in [5.74, 6) is 0.867. The molecule has 0 radical (unpaired) electrons. The minimum atomic E-state index is -0.850. The van der Waals surface area contributed by atoms with Gasteiger partial charge in [-0.15, -0.1) is 11.8 Å². The Morgan fingerprint density at radius 2 is 2.16 bits per heavy atom. The molecule has 1 heterocycles. The van der Waals surface area contributed by atoms with E-state index in [1.54, 1.807) is 30.5 Å². The highest BCUT2D eigenvalue weighted by atomic mass is 32.2. The van der Waals surface area contributed by atoms with Crippen molar-refractivity contribution in [3.05, 3.63) is 29.8 Å². The number of thioether (sulfide) groups is 1. The Morgan fingerprint density at radius 1 is 1.47 bits per heavy atom. The number of aliphatic hydroxyl groups is 1. The van der Waals surface area contributed by atoms with Gasteiger partial charge in [-0.05, 0) is 32.4 Å². The van der Waals surface area contributed by atoms with Crippen LogP contribution in [0.1, 0.15) is 32.3 Å². The molecule has 1 amide bonds. The van der Waals surface area contributed by atoms with Crippen molar-refractivity contribution in [2.75, 3.05) is 18.8 Å². The molecule has 1 aliphatic heterocycles. The second kappa shape index (κ2) is 5.55. The highest BCUT2D eigenvalue weighted by Crippen LogP contribution is 2.40. The zero-order valence-corrected chi connectivity index (χ0v) is 12.5. The first-order chi connectivity index (χ1) is 8.92. The fourth-order valence-corrected chi connectivity index (χ4v) is 3.62. The summed E-state index contributed by atoms with van der Waals surface area (Å²) in [7, 11) is 0. The van der Waals surface area contributed by atoms with Crippen LogP contribution >= 0.6 is 11.8 Å². The topological polar surface area (TPSA) is 40.5 Å². The molecule has 1 aliphatic rings. The van der Waals surface area contributed by atoms with Crippen LogP contribution in [-0.4, -0.2) is 40.4 Å². The Balaban J connectivity index is 2.16. The van der Waals surface area contributed by atoms with Gasteiger partial charge in [-0.1, -0.05) is 18.2 Å². The third kappa shape index (κ3) is 3.31. The van der Waals surface area contributed by atoms with E-state index in [9.17, 15) is 9.90 Å². The third-order valence-corrected chi connectivity index (χ3v) is 4.45. The van der Waals surface area contributed by atoms with Gasteiger partial charge in [0, 0.05) is 23.7 Å². The molecular weight excluding hydrogens is 258 g/mol. The first-order valence-corrected chi connectivity index (χ1v) is 7.64. The molecule has 0 saturated heterocycles. The minimum Gasteiger partial charge on any atom is -0.389 e. The van der Waals surface area contributed by atoms with Crippen molar-refractivity contribution in [1.82, 2.24) is 4.90 Å². The maximum absolute atomic E-state index is 12.6. The number of benzene rings is 1. The molecule has 0 saturated carbocycles. The Morgan fingerprint density at radius 3 is 2.79 bits per heavy atom. The monoisotopic (exact) mass is 279 g/mol. The van der Waals surface area contributed by atoms with E-state index in [1.807, 2.05) is 25.1 Å². The van der Waals surface area contributed by atoms with Gasteiger partial charge in [0.15, 0.2) is 0 Å². The van der Waals surface area contributed by atoms with Gasteiger partial charge in [0.1, 0.15) is 0 Å². The van der Waals surface area contributed by atoms with Gasteiger partial charge in [-0.25, -0.2) is 0 Å². The third-order valence-electron chi connectivity index (χ3n) is 3.27. The summed E-state index contributed by atoms with van der Waals surface area (Å²) in [6, 6.07) is 8.10. The predicted octanol–water partition coefficient (Wildman–Crippen LogP) is 2.50. The lowest BCUT2D eigenvalue weighted by molar-refractivity contribution is -0.135. The van der Waals surface area contributed by atoms with E-state index in [2.05, 4.69) is 6.07 Å². The Kier molecular flexibility index (Phi) is 4.21. The van der Waals surface area contributed by atoms with Crippen molar-refractivity contribution < 1.29 is 9.90 Å². The molecule has 0 aromatic heterocycles. The van der Waals surface area contributed by atoms with E-state index in [0.717, 1.165) is 11.3 Å². The minimum absolute atomic E-state index is 0.0662. The number of rotatable bonds is 4. The highest BCUT2D eigenvalue weighted by molar-refractivity contribution is 7.99. The molecule has 1 N–H and O–H groups in total.